The van der Waals surface area contributed by atoms with Crippen LogP contribution >= 0.6 is 7.26 Å². The van der Waals surface area contributed by atoms with E-state index in [9.17, 15) is 0 Å². The first-order chi connectivity index (χ1) is 16.4. The van der Waals surface area contributed by atoms with E-state index in [0.29, 0.717) is 19.5 Å². The molecule has 1 aliphatic rings. The zero-order valence-corrected chi connectivity index (χ0v) is 21.7. The van der Waals surface area contributed by atoms with Crippen LogP contribution in [0, 0.1) is 5.92 Å². The van der Waals surface area contributed by atoms with Crippen LogP contribution in [0.2, 0.25) is 0 Å². The average molecular weight is 515 g/mol. The molecule has 1 atom stereocenters. The molecular weight excluding hydrogens is 482 g/mol. The van der Waals surface area contributed by atoms with Crippen molar-refractivity contribution in [2.75, 3.05) is 0 Å². The number of benzene rings is 4. The van der Waals surface area contributed by atoms with Crippen LogP contribution < -0.4 is 20.4 Å². The molecule has 1 fully saturated rings. The minimum atomic E-state index is -1.87. The van der Waals surface area contributed by atoms with Gasteiger partial charge in [-0.25, -0.2) is 0 Å². The Balaban J connectivity index is 1.79. The van der Waals surface area contributed by atoms with Crippen molar-refractivity contribution in [3.8, 4) is 0 Å². The second kappa shape index (κ2) is 10.8. The second-order valence-electron chi connectivity index (χ2n) is 8.95. The third-order valence-electron chi connectivity index (χ3n) is 6.93. The molecule has 0 heterocycles. The summed E-state index contributed by atoms with van der Waals surface area (Å²) in [6.45, 7) is 0. The normalized spacial score (nSPS) is 15.8. The van der Waals surface area contributed by atoms with Crippen LogP contribution in [0.3, 0.4) is 0 Å². The van der Waals surface area contributed by atoms with Crippen LogP contribution in [0.4, 0.5) is 0 Å². The summed E-state index contributed by atoms with van der Waals surface area (Å²) in [6, 6.07) is 45.9. The topological polar surface area (TPSA) is 0 Å². The Hall–Kier alpha value is -2.17. The standard InChI is InChI=1S/C31H32PSe/c1-6-16-26(17-7-1)31(33-30-24-14-5-15-25-30)32(27-18-8-2-9-19-27,28-20-10-3-11-21-28)29-22-12-4-13-23-29/h2-5,8-15,18-26,31H,1,6-7,16-17H2/q+1. The van der Waals surface area contributed by atoms with Crippen LogP contribution in [-0.2, 0) is 0 Å². The molecule has 0 aliphatic heterocycles. The third-order valence-corrected chi connectivity index (χ3v) is 16.4. The van der Waals surface area contributed by atoms with Gasteiger partial charge in [-0.3, -0.25) is 0 Å². The summed E-state index contributed by atoms with van der Waals surface area (Å²) in [5.74, 6) is 0.771. The molecule has 0 radical (unpaired) electrons. The average Bonchev–Trinajstić information content (AvgIpc) is 2.91. The molecule has 1 saturated carbocycles. The monoisotopic (exact) mass is 515 g/mol. The Morgan fingerprint density at radius 1 is 0.515 bits per heavy atom. The zero-order chi connectivity index (χ0) is 22.3. The Bertz CT molecular complexity index is 1010. The van der Waals surface area contributed by atoms with Gasteiger partial charge in [0.05, 0.1) is 0 Å². The molecule has 0 saturated heterocycles. The van der Waals surface area contributed by atoms with Gasteiger partial charge in [0, 0.05) is 0 Å². The molecule has 5 rings (SSSR count). The molecule has 0 nitrogen and oxygen atoms in total. The molecule has 166 valence electrons. The van der Waals surface area contributed by atoms with Gasteiger partial charge in [0.2, 0.25) is 0 Å². The Labute approximate surface area is 206 Å². The first-order valence-corrected chi connectivity index (χ1v) is 15.9. The van der Waals surface area contributed by atoms with Crippen LogP contribution in [0.15, 0.2) is 121 Å². The molecule has 1 aliphatic carbocycles. The van der Waals surface area contributed by atoms with E-state index in [2.05, 4.69) is 121 Å². The first-order valence-electron chi connectivity index (χ1n) is 12.2. The quantitative estimate of drug-likeness (QED) is 0.212. The van der Waals surface area contributed by atoms with Gasteiger partial charge in [-0.2, -0.15) is 0 Å². The summed E-state index contributed by atoms with van der Waals surface area (Å²) in [5, 5.41) is 4.61. The van der Waals surface area contributed by atoms with E-state index in [1.165, 1.54) is 52.5 Å². The van der Waals surface area contributed by atoms with Crippen molar-refractivity contribution < 1.29 is 0 Å². The zero-order valence-electron chi connectivity index (χ0n) is 19.1. The van der Waals surface area contributed by atoms with Gasteiger partial charge in [-0.15, -0.1) is 0 Å². The van der Waals surface area contributed by atoms with Gasteiger partial charge in [0.1, 0.15) is 0 Å². The molecule has 0 amide bonds. The van der Waals surface area contributed by atoms with Gasteiger partial charge in [0.25, 0.3) is 0 Å². The summed E-state index contributed by atoms with van der Waals surface area (Å²) in [4.78, 5) is 0. The van der Waals surface area contributed by atoms with Crippen LogP contribution in [0.25, 0.3) is 0 Å². The van der Waals surface area contributed by atoms with E-state index in [0.717, 1.165) is 5.92 Å². The Morgan fingerprint density at radius 2 is 0.909 bits per heavy atom. The summed E-state index contributed by atoms with van der Waals surface area (Å²) >= 11 is 0.387. The fourth-order valence-electron chi connectivity index (χ4n) is 5.43. The molecule has 4 aromatic carbocycles. The van der Waals surface area contributed by atoms with Crippen molar-refractivity contribution in [3.63, 3.8) is 0 Å². The molecule has 0 N–H and O–H groups in total. The van der Waals surface area contributed by atoms with Crippen molar-refractivity contribution >= 4 is 42.6 Å². The van der Waals surface area contributed by atoms with E-state index in [4.69, 9.17) is 0 Å². The molecule has 4 aromatic rings. The fourth-order valence-corrected chi connectivity index (χ4v) is 16.4. The number of rotatable bonds is 7. The van der Waals surface area contributed by atoms with E-state index in [-0.39, 0.29) is 0 Å². The molecular formula is C31H32PSe+. The molecule has 33 heavy (non-hydrogen) atoms. The fraction of sp³-hybridized carbons (Fsp3) is 0.226. The molecule has 1 unspecified atom stereocenters. The van der Waals surface area contributed by atoms with Gasteiger partial charge in [0.15, 0.2) is 0 Å². The van der Waals surface area contributed by atoms with Crippen LogP contribution in [0.5, 0.6) is 0 Å². The summed E-state index contributed by atoms with van der Waals surface area (Å²) in [5.41, 5.74) is 0. The molecule has 0 aromatic heterocycles. The first kappa shape index (κ1) is 22.6. The number of hydrogen-bond donors (Lipinski definition) is 0. The van der Waals surface area contributed by atoms with Crippen LogP contribution in [0.1, 0.15) is 32.1 Å². The van der Waals surface area contributed by atoms with E-state index in [1.54, 1.807) is 0 Å². The molecule has 0 bridgehead atoms. The van der Waals surface area contributed by atoms with E-state index >= 15 is 0 Å². The van der Waals surface area contributed by atoms with Crippen molar-refractivity contribution in [1.29, 1.82) is 0 Å². The van der Waals surface area contributed by atoms with Crippen LogP contribution in [-0.4, -0.2) is 19.5 Å². The van der Waals surface area contributed by atoms with Gasteiger partial charge in [-0.05, 0) is 0 Å². The SMILES string of the molecule is c1ccc([Se]C(C2CCCCC2)[P+](c2ccccc2)(c2ccccc2)c2ccccc2)cc1. The van der Waals surface area contributed by atoms with Crippen molar-refractivity contribution in [3.05, 3.63) is 121 Å². The Morgan fingerprint density at radius 3 is 1.33 bits per heavy atom. The summed E-state index contributed by atoms with van der Waals surface area (Å²) in [7, 11) is -1.87. The minimum absolute atomic E-state index is 0.387. The van der Waals surface area contributed by atoms with Gasteiger partial charge < -0.3 is 0 Å². The molecule has 2 heteroatoms. The summed E-state index contributed by atoms with van der Waals surface area (Å²) < 4.78 is 2.19. The molecule has 0 spiro atoms. The van der Waals surface area contributed by atoms with Crippen molar-refractivity contribution in [2.24, 2.45) is 5.92 Å². The Kier molecular flexibility index (Phi) is 7.43. The maximum absolute atomic E-state index is 2.42. The van der Waals surface area contributed by atoms with Gasteiger partial charge >= 0.3 is 207 Å². The second-order valence-corrected chi connectivity index (χ2v) is 15.8. The van der Waals surface area contributed by atoms with Crippen molar-refractivity contribution in [2.45, 2.75) is 36.7 Å². The van der Waals surface area contributed by atoms with E-state index in [1.807, 2.05) is 0 Å². The van der Waals surface area contributed by atoms with Gasteiger partial charge in [-0.1, -0.05) is 0 Å². The maximum atomic E-state index is 2.42. The predicted octanol–water partition coefficient (Wildman–Crippen LogP) is 5.92. The van der Waals surface area contributed by atoms with E-state index < -0.39 is 7.26 Å². The predicted molar refractivity (Wildman–Crippen MR) is 147 cm³/mol. The van der Waals surface area contributed by atoms with Crippen molar-refractivity contribution in [1.82, 2.24) is 0 Å². The third kappa shape index (κ3) is 4.74. The number of hydrogen-bond acceptors (Lipinski definition) is 0. The summed E-state index contributed by atoms with van der Waals surface area (Å²) in [6.07, 6.45) is 6.89.